The summed E-state index contributed by atoms with van der Waals surface area (Å²) in [6.45, 7) is 2.77. The van der Waals surface area contributed by atoms with Crippen LogP contribution in [0.4, 0.5) is 0 Å². The molecule has 0 N–H and O–H groups in total. The largest absolute Gasteiger partial charge is 0.381 e. The van der Waals surface area contributed by atoms with Crippen molar-refractivity contribution in [1.29, 1.82) is 0 Å². The normalized spacial score (nSPS) is 44.2. The van der Waals surface area contributed by atoms with Crippen LogP contribution in [0.15, 0.2) is 0 Å². The van der Waals surface area contributed by atoms with Gasteiger partial charge in [-0.1, -0.05) is 0 Å². The zero-order valence-electron chi connectivity index (χ0n) is 12.6. The van der Waals surface area contributed by atoms with Crippen LogP contribution in [0, 0.1) is 17.8 Å². The van der Waals surface area contributed by atoms with Gasteiger partial charge in [0.1, 0.15) is 0 Å². The summed E-state index contributed by atoms with van der Waals surface area (Å²) in [5, 5.41) is -0.143. The maximum atomic E-state index is 12.8. The summed E-state index contributed by atoms with van der Waals surface area (Å²) >= 11 is 0. The average molecular weight is 326 g/mol. The molecule has 2 aliphatic carbocycles. The fourth-order valence-corrected chi connectivity index (χ4v) is 6.99. The van der Waals surface area contributed by atoms with E-state index in [-0.39, 0.29) is 29.2 Å². The summed E-state index contributed by atoms with van der Waals surface area (Å²) < 4.78 is 32.1. The van der Waals surface area contributed by atoms with Gasteiger partial charge in [0.25, 0.3) is 0 Å². The number of ether oxygens (including phenoxy) is 1. The second kappa shape index (κ2) is 4.45. The Hall–Kier alpha value is -0.660. The lowest BCUT2D eigenvalue weighted by atomic mass is 10.1. The molecule has 0 radical (unpaired) electrons. The highest BCUT2D eigenvalue weighted by molar-refractivity contribution is 7.90. The smallest absolute Gasteiger partial charge is 0.226 e. The molecule has 122 valence electrons. The van der Waals surface area contributed by atoms with Crippen molar-refractivity contribution in [1.82, 2.24) is 9.21 Å². The zero-order valence-corrected chi connectivity index (χ0v) is 13.4. The van der Waals surface area contributed by atoms with Gasteiger partial charge >= 0.3 is 0 Å². The van der Waals surface area contributed by atoms with E-state index in [1.807, 2.05) is 4.90 Å². The number of amides is 1. The van der Waals surface area contributed by atoms with Gasteiger partial charge in [-0.05, 0) is 37.5 Å². The van der Waals surface area contributed by atoms with E-state index in [2.05, 4.69) is 0 Å². The van der Waals surface area contributed by atoms with E-state index >= 15 is 0 Å². The highest BCUT2D eigenvalue weighted by Gasteiger charge is 2.61. The van der Waals surface area contributed by atoms with Crippen LogP contribution in [0.2, 0.25) is 0 Å². The van der Waals surface area contributed by atoms with Crippen molar-refractivity contribution in [2.75, 3.05) is 26.3 Å². The molecule has 0 aromatic carbocycles. The Morgan fingerprint density at radius 3 is 2.32 bits per heavy atom. The van der Waals surface area contributed by atoms with Crippen molar-refractivity contribution >= 4 is 15.9 Å². The van der Waals surface area contributed by atoms with Gasteiger partial charge in [0, 0.05) is 31.1 Å². The number of hydrogen-bond donors (Lipinski definition) is 0. The number of carbonyl (C=O) groups is 1. The standard InChI is InChI=1S/C15H22N2O4S/c18-15(14-10-7-21-8-11(10)14)16-5-3-13-12(16)4-6-17(13)22(19,20)9-1-2-9/h9-14H,1-8H2/t10-,11+,12-,13+,14?/m1/s1. The molecule has 0 aromatic rings. The lowest BCUT2D eigenvalue weighted by Crippen LogP contribution is -2.43. The van der Waals surface area contributed by atoms with Crippen molar-refractivity contribution in [3.05, 3.63) is 0 Å². The van der Waals surface area contributed by atoms with Crippen molar-refractivity contribution in [3.8, 4) is 0 Å². The molecule has 5 atom stereocenters. The van der Waals surface area contributed by atoms with Crippen molar-refractivity contribution < 1.29 is 17.9 Å². The fourth-order valence-electron chi connectivity index (χ4n) is 4.89. The van der Waals surface area contributed by atoms with E-state index in [0.717, 1.165) is 45.4 Å². The van der Waals surface area contributed by atoms with E-state index in [1.54, 1.807) is 4.31 Å². The molecule has 1 amide bonds. The van der Waals surface area contributed by atoms with Gasteiger partial charge in [-0.25, -0.2) is 8.42 Å². The molecular weight excluding hydrogens is 304 g/mol. The Morgan fingerprint density at radius 2 is 1.64 bits per heavy atom. The van der Waals surface area contributed by atoms with Gasteiger partial charge in [0.15, 0.2) is 0 Å². The summed E-state index contributed by atoms with van der Waals surface area (Å²) in [5.74, 6) is 1.27. The molecular formula is C15H22N2O4S. The molecule has 5 aliphatic rings. The van der Waals surface area contributed by atoms with Gasteiger partial charge in [0.2, 0.25) is 15.9 Å². The molecule has 5 rings (SSSR count). The molecule has 1 unspecified atom stereocenters. The Balaban J connectivity index is 1.32. The second-order valence-electron chi connectivity index (χ2n) is 7.49. The number of nitrogens with zero attached hydrogens (tertiary/aromatic N) is 2. The highest BCUT2D eigenvalue weighted by Crippen LogP contribution is 2.52. The average Bonchev–Trinajstić information content (AvgIpc) is 3.29. The van der Waals surface area contributed by atoms with Crippen LogP contribution in [-0.2, 0) is 19.6 Å². The first kappa shape index (κ1) is 13.7. The van der Waals surface area contributed by atoms with Crippen LogP contribution in [0.5, 0.6) is 0 Å². The van der Waals surface area contributed by atoms with Crippen LogP contribution >= 0.6 is 0 Å². The number of hydrogen-bond acceptors (Lipinski definition) is 4. The highest BCUT2D eigenvalue weighted by atomic mass is 32.2. The monoisotopic (exact) mass is 326 g/mol. The first-order chi connectivity index (χ1) is 10.6. The summed E-state index contributed by atoms with van der Waals surface area (Å²) in [4.78, 5) is 14.8. The molecule has 0 aromatic heterocycles. The number of rotatable bonds is 3. The van der Waals surface area contributed by atoms with Gasteiger partial charge in [0.05, 0.1) is 18.5 Å². The first-order valence-electron chi connectivity index (χ1n) is 8.48. The van der Waals surface area contributed by atoms with Crippen molar-refractivity contribution in [2.45, 2.75) is 43.0 Å². The summed E-state index contributed by atoms with van der Waals surface area (Å²) in [6, 6.07) is 0.146. The Bertz CT molecular complexity index is 607. The molecule has 0 bridgehead atoms. The lowest BCUT2D eigenvalue weighted by Gasteiger charge is -2.26. The Kier molecular flexibility index (Phi) is 2.78. The van der Waals surface area contributed by atoms with Gasteiger partial charge in [-0.15, -0.1) is 0 Å². The number of fused-ring (bicyclic) bond motifs is 2. The zero-order chi connectivity index (χ0) is 15.1. The van der Waals surface area contributed by atoms with Crippen LogP contribution < -0.4 is 0 Å². The molecule has 3 heterocycles. The number of sulfonamides is 1. The van der Waals surface area contributed by atoms with Gasteiger partial charge in [-0.3, -0.25) is 4.79 Å². The molecule has 7 heteroatoms. The van der Waals surface area contributed by atoms with E-state index < -0.39 is 10.0 Å². The molecule has 6 nitrogen and oxygen atoms in total. The predicted molar refractivity (Wildman–Crippen MR) is 78.5 cm³/mol. The molecule has 2 saturated carbocycles. The minimum atomic E-state index is -3.11. The summed E-state index contributed by atoms with van der Waals surface area (Å²) in [7, 11) is -3.11. The third-order valence-corrected chi connectivity index (χ3v) is 8.74. The van der Waals surface area contributed by atoms with E-state index in [9.17, 15) is 13.2 Å². The maximum absolute atomic E-state index is 12.8. The second-order valence-corrected chi connectivity index (χ2v) is 9.66. The van der Waals surface area contributed by atoms with E-state index in [1.165, 1.54) is 0 Å². The topological polar surface area (TPSA) is 66.9 Å². The van der Waals surface area contributed by atoms with Gasteiger partial charge < -0.3 is 9.64 Å². The van der Waals surface area contributed by atoms with Crippen LogP contribution in [0.3, 0.4) is 0 Å². The Morgan fingerprint density at radius 1 is 0.955 bits per heavy atom. The quantitative estimate of drug-likeness (QED) is 0.735. The van der Waals surface area contributed by atoms with Crippen LogP contribution in [0.25, 0.3) is 0 Å². The number of carbonyl (C=O) groups excluding carboxylic acids is 1. The van der Waals surface area contributed by atoms with Crippen molar-refractivity contribution in [3.63, 3.8) is 0 Å². The third-order valence-electron chi connectivity index (χ3n) is 6.32. The first-order valence-corrected chi connectivity index (χ1v) is 9.98. The number of likely N-dealkylation sites (tertiary alicyclic amines) is 1. The van der Waals surface area contributed by atoms with E-state index in [0.29, 0.717) is 18.4 Å². The SMILES string of the molecule is O=C(C1[C@H]2COC[C@@H]12)N1CC[C@H]2[C@H]1CCN2S(=O)(=O)C1CC1. The summed E-state index contributed by atoms with van der Waals surface area (Å²) in [5.41, 5.74) is 0. The molecule has 0 spiro atoms. The molecule has 3 aliphatic heterocycles. The molecule has 5 fully saturated rings. The van der Waals surface area contributed by atoms with Gasteiger partial charge in [-0.2, -0.15) is 4.31 Å². The van der Waals surface area contributed by atoms with Crippen LogP contribution in [0.1, 0.15) is 25.7 Å². The fraction of sp³-hybridized carbons (Fsp3) is 0.933. The maximum Gasteiger partial charge on any atom is 0.226 e. The van der Waals surface area contributed by atoms with Crippen molar-refractivity contribution in [2.24, 2.45) is 17.8 Å². The predicted octanol–water partition coefficient (Wildman–Crippen LogP) is 0.0462. The molecule has 3 saturated heterocycles. The Labute approximate surface area is 130 Å². The minimum absolute atomic E-state index is 0.0318. The third kappa shape index (κ3) is 1.79. The van der Waals surface area contributed by atoms with E-state index in [4.69, 9.17) is 4.74 Å². The molecule has 22 heavy (non-hydrogen) atoms. The minimum Gasteiger partial charge on any atom is -0.381 e. The lowest BCUT2D eigenvalue weighted by molar-refractivity contribution is -0.134. The summed E-state index contributed by atoms with van der Waals surface area (Å²) in [6.07, 6.45) is 3.23. The van der Waals surface area contributed by atoms with Crippen LogP contribution in [-0.4, -0.2) is 67.2 Å².